The van der Waals surface area contributed by atoms with E-state index < -0.39 is 54.8 Å². The highest BCUT2D eigenvalue weighted by Crippen LogP contribution is 2.51. The number of carbonyl (C=O) groups is 2. The number of carbonyl (C=O) groups excluding carboxylic acids is 2. The largest absolute Gasteiger partial charge is 0.435 e. The summed E-state index contributed by atoms with van der Waals surface area (Å²) in [7, 11) is 0. The van der Waals surface area contributed by atoms with Crippen molar-refractivity contribution in [2.75, 3.05) is 13.1 Å². The Bertz CT molecular complexity index is 1210. The molecule has 0 saturated carbocycles. The van der Waals surface area contributed by atoms with Crippen molar-refractivity contribution >= 4 is 63.7 Å². The molecule has 0 fully saturated rings. The Morgan fingerprint density at radius 2 is 1.69 bits per heavy atom. The molecule has 1 atom stereocenters. The molecule has 3 rings (SSSR count). The third kappa shape index (κ3) is 6.01. The zero-order valence-electron chi connectivity index (χ0n) is 17.8. The number of benzene rings is 1. The zero-order valence-corrected chi connectivity index (χ0v) is 20.9. The maximum absolute atomic E-state index is 14.2. The smallest absolute Gasteiger partial charge is 0.374 e. The van der Waals surface area contributed by atoms with Crippen molar-refractivity contribution in [3.05, 3.63) is 54.1 Å². The van der Waals surface area contributed by atoms with Gasteiger partial charge in [-0.25, -0.2) is 0 Å². The fraction of sp³-hybridized carbons (Fsp3) is 0.350. The minimum Gasteiger partial charge on any atom is -0.374 e. The molecule has 2 aromatic rings. The average molecular weight is 597 g/mol. The maximum Gasteiger partial charge on any atom is 0.435 e. The van der Waals surface area contributed by atoms with Crippen molar-refractivity contribution in [1.29, 1.82) is 0 Å². The second-order valence-electron chi connectivity index (χ2n) is 7.58. The number of halogens is 9. The fourth-order valence-corrected chi connectivity index (χ4v) is 4.84. The standard InChI is InChI=1S/C20H14Cl3F6N3O3S/c1-8-2-13(36-16(8)17(34)30-6-14(33)31-7-19(24,25)26)12-5-18(35-32-12,20(27,28)29)9-3-10(21)15(23)11(22)4-9/h2-4H,5-7H2,1H3,(H,30,34)(H,31,33)/t18-/m0/s1. The van der Waals surface area contributed by atoms with Crippen LogP contribution in [0.5, 0.6) is 0 Å². The van der Waals surface area contributed by atoms with Gasteiger partial charge in [-0.3, -0.25) is 9.59 Å². The number of rotatable bonds is 6. The number of nitrogens with one attached hydrogen (secondary N) is 2. The van der Waals surface area contributed by atoms with Gasteiger partial charge in [-0.15, -0.1) is 11.3 Å². The number of alkyl halides is 6. The maximum atomic E-state index is 14.2. The summed E-state index contributed by atoms with van der Waals surface area (Å²) in [5.41, 5.74) is -3.13. The summed E-state index contributed by atoms with van der Waals surface area (Å²) < 4.78 is 79.1. The molecule has 1 aliphatic rings. The highest BCUT2D eigenvalue weighted by Gasteiger charge is 2.62. The molecular weight excluding hydrogens is 583 g/mol. The molecule has 0 radical (unpaired) electrons. The lowest BCUT2D eigenvalue weighted by Crippen LogP contribution is -2.42. The van der Waals surface area contributed by atoms with Crippen LogP contribution in [0.15, 0.2) is 23.4 Å². The molecule has 1 aromatic carbocycles. The quantitative estimate of drug-likeness (QED) is 0.317. The van der Waals surface area contributed by atoms with E-state index in [1.807, 2.05) is 0 Å². The monoisotopic (exact) mass is 595 g/mol. The molecular formula is C20H14Cl3F6N3O3S. The molecule has 16 heteroatoms. The summed E-state index contributed by atoms with van der Waals surface area (Å²) in [6.07, 6.45) is -10.3. The van der Waals surface area contributed by atoms with E-state index in [0.29, 0.717) is 5.56 Å². The molecule has 196 valence electrons. The number of hydrogen-bond donors (Lipinski definition) is 2. The lowest BCUT2D eigenvalue weighted by Gasteiger charge is -2.29. The molecule has 0 spiro atoms. The SMILES string of the molecule is Cc1cc(C2=NO[C@@](c3cc(Cl)c(Cl)c(Cl)c3)(C(F)(F)F)C2)sc1C(=O)NCC(=O)NCC(F)(F)F. The van der Waals surface area contributed by atoms with Gasteiger partial charge in [-0.1, -0.05) is 40.0 Å². The summed E-state index contributed by atoms with van der Waals surface area (Å²) in [6, 6.07) is 3.36. The first kappa shape index (κ1) is 28.4. The van der Waals surface area contributed by atoms with Crippen molar-refractivity contribution in [2.24, 2.45) is 5.16 Å². The van der Waals surface area contributed by atoms with Crippen LogP contribution in [0.1, 0.15) is 32.1 Å². The molecule has 0 unspecified atom stereocenters. The number of nitrogens with zero attached hydrogens (tertiary/aromatic N) is 1. The van der Waals surface area contributed by atoms with Gasteiger partial charge in [0.2, 0.25) is 5.91 Å². The predicted octanol–water partition coefficient (Wildman–Crippen LogP) is 6.01. The van der Waals surface area contributed by atoms with Crippen LogP contribution in [-0.4, -0.2) is 43.0 Å². The third-order valence-corrected chi connectivity index (χ3v) is 7.42. The predicted molar refractivity (Wildman–Crippen MR) is 122 cm³/mol. The molecule has 2 N–H and O–H groups in total. The van der Waals surface area contributed by atoms with Crippen molar-refractivity contribution in [2.45, 2.75) is 31.3 Å². The van der Waals surface area contributed by atoms with Gasteiger partial charge in [-0.05, 0) is 30.7 Å². The van der Waals surface area contributed by atoms with E-state index in [-0.39, 0.29) is 30.5 Å². The van der Waals surface area contributed by atoms with Gasteiger partial charge in [0, 0.05) is 5.56 Å². The van der Waals surface area contributed by atoms with Gasteiger partial charge in [-0.2, -0.15) is 26.3 Å². The van der Waals surface area contributed by atoms with E-state index >= 15 is 0 Å². The topological polar surface area (TPSA) is 79.8 Å². The van der Waals surface area contributed by atoms with Crippen LogP contribution < -0.4 is 10.6 Å². The Kier molecular flexibility index (Phi) is 8.09. The summed E-state index contributed by atoms with van der Waals surface area (Å²) in [5.74, 6) is -1.87. The highest BCUT2D eigenvalue weighted by molar-refractivity contribution is 7.16. The lowest BCUT2D eigenvalue weighted by atomic mass is 9.88. The van der Waals surface area contributed by atoms with E-state index in [1.54, 1.807) is 5.32 Å². The third-order valence-electron chi connectivity index (χ3n) is 4.94. The molecule has 1 aromatic heterocycles. The van der Waals surface area contributed by atoms with E-state index in [4.69, 9.17) is 39.6 Å². The number of hydrogen-bond acceptors (Lipinski definition) is 5. The van der Waals surface area contributed by atoms with Crippen LogP contribution in [0.2, 0.25) is 15.1 Å². The van der Waals surface area contributed by atoms with Crippen molar-refractivity contribution in [3.8, 4) is 0 Å². The summed E-state index contributed by atoms with van der Waals surface area (Å²) in [6.45, 7) is -0.805. The normalized spacial score (nSPS) is 18.0. The van der Waals surface area contributed by atoms with Crippen LogP contribution in [-0.2, 0) is 15.2 Å². The molecule has 0 bridgehead atoms. The second kappa shape index (κ2) is 10.3. The Balaban J connectivity index is 1.78. The van der Waals surface area contributed by atoms with E-state index in [1.165, 1.54) is 13.0 Å². The van der Waals surface area contributed by atoms with Crippen LogP contribution in [0.3, 0.4) is 0 Å². The number of amides is 2. The van der Waals surface area contributed by atoms with E-state index in [2.05, 4.69) is 10.5 Å². The molecule has 0 saturated heterocycles. The van der Waals surface area contributed by atoms with E-state index in [9.17, 15) is 35.9 Å². The van der Waals surface area contributed by atoms with Crippen LogP contribution >= 0.6 is 46.1 Å². The molecule has 6 nitrogen and oxygen atoms in total. The van der Waals surface area contributed by atoms with Gasteiger partial charge in [0.1, 0.15) is 12.3 Å². The van der Waals surface area contributed by atoms with Crippen LogP contribution in [0.25, 0.3) is 0 Å². The fourth-order valence-electron chi connectivity index (χ4n) is 3.18. The minimum atomic E-state index is -4.95. The number of aryl methyl sites for hydroxylation is 1. The molecule has 2 heterocycles. The Labute approximate surface area is 218 Å². The van der Waals surface area contributed by atoms with E-state index in [0.717, 1.165) is 23.5 Å². The first-order valence-electron chi connectivity index (χ1n) is 9.73. The van der Waals surface area contributed by atoms with Crippen LogP contribution in [0.4, 0.5) is 26.3 Å². The Hall–Kier alpha value is -2.22. The molecule has 36 heavy (non-hydrogen) atoms. The molecule has 0 aliphatic carbocycles. The van der Waals surface area contributed by atoms with Gasteiger partial charge >= 0.3 is 12.4 Å². The van der Waals surface area contributed by atoms with Gasteiger partial charge < -0.3 is 15.5 Å². The van der Waals surface area contributed by atoms with Gasteiger partial charge in [0.25, 0.3) is 11.5 Å². The molecule has 1 aliphatic heterocycles. The van der Waals surface area contributed by atoms with Crippen molar-refractivity contribution < 1.29 is 40.8 Å². The van der Waals surface area contributed by atoms with Crippen molar-refractivity contribution in [3.63, 3.8) is 0 Å². The first-order valence-corrected chi connectivity index (χ1v) is 11.7. The number of oxime groups is 1. The lowest BCUT2D eigenvalue weighted by molar-refractivity contribution is -0.275. The van der Waals surface area contributed by atoms with Crippen molar-refractivity contribution in [1.82, 2.24) is 10.6 Å². The van der Waals surface area contributed by atoms with Gasteiger partial charge in [0.05, 0.1) is 37.8 Å². The van der Waals surface area contributed by atoms with Gasteiger partial charge in [0.15, 0.2) is 0 Å². The molecule has 2 amide bonds. The average Bonchev–Trinajstić information content (AvgIpc) is 3.38. The summed E-state index contributed by atoms with van der Waals surface area (Å²) >= 11 is 18.4. The second-order valence-corrected chi connectivity index (χ2v) is 9.83. The highest BCUT2D eigenvalue weighted by atomic mass is 35.5. The number of thiophene rings is 1. The van der Waals surface area contributed by atoms with Crippen LogP contribution in [0, 0.1) is 6.92 Å². The summed E-state index contributed by atoms with van der Waals surface area (Å²) in [4.78, 5) is 29.0. The Morgan fingerprint density at radius 1 is 1.08 bits per heavy atom. The first-order chi connectivity index (χ1) is 16.5. The summed E-state index contributed by atoms with van der Waals surface area (Å²) in [5, 5.41) is 6.80. The minimum absolute atomic E-state index is 0.0263. The zero-order chi connectivity index (χ0) is 27.1. The Morgan fingerprint density at radius 3 is 2.25 bits per heavy atom.